The zero-order valence-corrected chi connectivity index (χ0v) is 10.4. The summed E-state index contributed by atoms with van der Waals surface area (Å²) in [6, 6.07) is 8.52. The first kappa shape index (κ1) is 12.5. The molecule has 2 aromatic rings. The maximum atomic E-state index is 13.5. The van der Waals surface area contributed by atoms with Gasteiger partial charge in [-0.15, -0.1) is 0 Å². The first-order chi connectivity index (χ1) is 8.79. The lowest BCUT2D eigenvalue weighted by molar-refractivity contribution is 0.612. The Morgan fingerprint density at radius 1 is 1.22 bits per heavy atom. The van der Waals surface area contributed by atoms with Crippen LogP contribution >= 0.6 is 0 Å². The van der Waals surface area contributed by atoms with Crippen molar-refractivity contribution in [1.29, 1.82) is 0 Å². The number of anilines is 1. The fraction of sp³-hybridized carbons (Fsp3) is 0.286. The van der Waals surface area contributed by atoms with Gasteiger partial charge < -0.3 is 5.32 Å². The van der Waals surface area contributed by atoms with E-state index in [1.165, 1.54) is 6.07 Å². The Kier molecular flexibility index (Phi) is 4.23. The number of benzene rings is 1. The highest BCUT2D eigenvalue weighted by molar-refractivity contribution is 5.33. The Labute approximate surface area is 106 Å². The van der Waals surface area contributed by atoms with E-state index in [9.17, 15) is 4.39 Å². The van der Waals surface area contributed by atoms with Gasteiger partial charge in [-0.25, -0.2) is 14.4 Å². The van der Waals surface area contributed by atoms with E-state index in [1.807, 2.05) is 12.1 Å². The summed E-state index contributed by atoms with van der Waals surface area (Å²) in [5.74, 6) is 1.20. The zero-order valence-electron chi connectivity index (χ0n) is 10.4. The van der Waals surface area contributed by atoms with Gasteiger partial charge in [-0.1, -0.05) is 25.1 Å². The van der Waals surface area contributed by atoms with E-state index in [2.05, 4.69) is 22.2 Å². The van der Waals surface area contributed by atoms with Crippen molar-refractivity contribution in [1.82, 2.24) is 9.97 Å². The standard InChI is InChI=1S/C14H16FN3/c1-2-8-16-13-7-9-17-14(18-13)10-11-5-3-4-6-12(11)15/h3-7,9H,2,8,10H2,1H3,(H,16,17,18). The van der Waals surface area contributed by atoms with Crippen LogP contribution in [0.5, 0.6) is 0 Å². The molecular weight excluding hydrogens is 229 g/mol. The number of hydrogen-bond donors (Lipinski definition) is 1. The number of rotatable bonds is 5. The molecule has 0 fully saturated rings. The van der Waals surface area contributed by atoms with Crippen LogP contribution in [0.2, 0.25) is 0 Å². The van der Waals surface area contributed by atoms with Gasteiger partial charge in [0.25, 0.3) is 0 Å². The third kappa shape index (κ3) is 3.26. The lowest BCUT2D eigenvalue weighted by atomic mass is 10.1. The van der Waals surface area contributed by atoms with Crippen LogP contribution in [0.15, 0.2) is 36.5 Å². The van der Waals surface area contributed by atoms with E-state index in [1.54, 1.807) is 18.3 Å². The average Bonchev–Trinajstić information content (AvgIpc) is 2.40. The third-order valence-electron chi connectivity index (χ3n) is 2.57. The molecule has 1 aromatic carbocycles. The summed E-state index contributed by atoms with van der Waals surface area (Å²) >= 11 is 0. The minimum absolute atomic E-state index is 0.215. The molecule has 0 unspecified atom stereocenters. The summed E-state index contributed by atoms with van der Waals surface area (Å²) in [6.45, 7) is 2.96. The summed E-state index contributed by atoms with van der Waals surface area (Å²) < 4.78 is 13.5. The van der Waals surface area contributed by atoms with Crippen molar-refractivity contribution >= 4 is 5.82 Å². The molecule has 18 heavy (non-hydrogen) atoms. The first-order valence-electron chi connectivity index (χ1n) is 6.09. The molecule has 94 valence electrons. The number of aromatic nitrogens is 2. The molecule has 0 saturated heterocycles. The highest BCUT2D eigenvalue weighted by atomic mass is 19.1. The van der Waals surface area contributed by atoms with E-state index in [4.69, 9.17) is 0 Å². The van der Waals surface area contributed by atoms with Crippen molar-refractivity contribution < 1.29 is 4.39 Å². The zero-order chi connectivity index (χ0) is 12.8. The molecule has 4 heteroatoms. The van der Waals surface area contributed by atoms with Gasteiger partial charge in [-0.3, -0.25) is 0 Å². The molecule has 0 spiro atoms. The average molecular weight is 245 g/mol. The van der Waals surface area contributed by atoms with Crippen molar-refractivity contribution in [2.75, 3.05) is 11.9 Å². The molecule has 3 nitrogen and oxygen atoms in total. The predicted octanol–water partition coefficient (Wildman–Crippen LogP) is 3.03. The largest absolute Gasteiger partial charge is 0.370 e. The fourth-order valence-electron chi connectivity index (χ4n) is 1.65. The van der Waals surface area contributed by atoms with E-state index in [-0.39, 0.29) is 5.82 Å². The second-order valence-electron chi connectivity index (χ2n) is 4.05. The molecule has 0 bridgehead atoms. The smallest absolute Gasteiger partial charge is 0.135 e. The van der Waals surface area contributed by atoms with Crippen LogP contribution in [-0.4, -0.2) is 16.5 Å². The SMILES string of the molecule is CCCNc1ccnc(Cc2ccccc2F)n1. The van der Waals surface area contributed by atoms with Crippen LogP contribution in [0.25, 0.3) is 0 Å². The molecule has 0 aliphatic heterocycles. The van der Waals surface area contributed by atoms with Crippen LogP contribution in [0.4, 0.5) is 10.2 Å². The van der Waals surface area contributed by atoms with Crippen LogP contribution in [0, 0.1) is 5.82 Å². The highest BCUT2D eigenvalue weighted by Crippen LogP contribution is 2.11. The second kappa shape index (κ2) is 6.10. The van der Waals surface area contributed by atoms with Gasteiger partial charge in [0.15, 0.2) is 0 Å². The molecule has 0 saturated carbocycles. The van der Waals surface area contributed by atoms with Gasteiger partial charge in [0, 0.05) is 19.2 Å². The topological polar surface area (TPSA) is 37.8 Å². The van der Waals surface area contributed by atoms with Gasteiger partial charge in [-0.05, 0) is 24.1 Å². The maximum absolute atomic E-state index is 13.5. The molecule has 2 rings (SSSR count). The summed E-state index contributed by atoms with van der Waals surface area (Å²) in [7, 11) is 0. The molecule has 0 aliphatic rings. The molecule has 1 heterocycles. The monoisotopic (exact) mass is 245 g/mol. The van der Waals surface area contributed by atoms with Gasteiger partial charge in [0.2, 0.25) is 0 Å². The van der Waals surface area contributed by atoms with Gasteiger partial charge in [0.1, 0.15) is 17.5 Å². The molecule has 0 aliphatic carbocycles. The molecule has 0 radical (unpaired) electrons. The lowest BCUT2D eigenvalue weighted by Gasteiger charge is -2.06. The molecule has 0 amide bonds. The molecule has 1 aromatic heterocycles. The van der Waals surface area contributed by atoms with E-state index >= 15 is 0 Å². The Morgan fingerprint density at radius 2 is 2.06 bits per heavy atom. The minimum atomic E-state index is -0.215. The summed E-state index contributed by atoms with van der Waals surface area (Å²) in [5.41, 5.74) is 0.616. The minimum Gasteiger partial charge on any atom is -0.370 e. The van der Waals surface area contributed by atoms with E-state index < -0.39 is 0 Å². The van der Waals surface area contributed by atoms with Crippen molar-refractivity contribution in [2.45, 2.75) is 19.8 Å². The summed E-state index contributed by atoms with van der Waals surface area (Å²) in [4.78, 5) is 8.52. The van der Waals surface area contributed by atoms with Crippen LogP contribution in [0.3, 0.4) is 0 Å². The second-order valence-corrected chi connectivity index (χ2v) is 4.05. The molecule has 1 N–H and O–H groups in total. The van der Waals surface area contributed by atoms with E-state index in [0.29, 0.717) is 17.8 Å². The normalized spacial score (nSPS) is 10.3. The Hall–Kier alpha value is -1.97. The maximum Gasteiger partial charge on any atom is 0.135 e. The van der Waals surface area contributed by atoms with Crippen LogP contribution < -0.4 is 5.32 Å². The Bertz CT molecular complexity index is 514. The number of nitrogens with zero attached hydrogens (tertiary/aromatic N) is 2. The molecular formula is C14H16FN3. The number of nitrogens with one attached hydrogen (secondary N) is 1. The van der Waals surface area contributed by atoms with Gasteiger partial charge in [0.05, 0.1) is 0 Å². The van der Waals surface area contributed by atoms with Crippen LogP contribution in [-0.2, 0) is 6.42 Å². The Balaban J connectivity index is 2.12. The third-order valence-corrected chi connectivity index (χ3v) is 2.57. The highest BCUT2D eigenvalue weighted by Gasteiger charge is 2.05. The quantitative estimate of drug-likeness (QED) is 0.879. The van der Waals surface area contributed by atoms with Gasteiger partial charge >= 0.3 is 0 Å². The Morgan fingerprint density at radius 3 is 2.83 bits per heavy atom. The van der Waals surface area contributed by atoms with E-state index in [0.717, 1.165) is 18.8 Å². The van der Waals surface area contributed by atoms with Gasteiger partial charge in [-0.2, -0.15) is 0 Å². The number of hydrogen-bond acceptors (Lipinski definition) is 3. The van der Waals surface area contributed by atoms with Crippen LogP contribution in [0.1, 0.15) is 24.7 Å². The van der Waals surface area contributed by atoms with Crippen molar-refractivity contribution in [3.8, 4) is 0 Å². The summed E-state index contributed by atoms with van der Waals surface area (Å²) in [5, 5.41) is 3.19. The first-order valence-corrected chi connectivity index (χ1v) is 6.09. The number of halogens is 1. The molecule has 0 atom stereocenters. The van der Waals surface area contributed by atoms with Crippen molar-refractivity contribution in [3.63, 3.8) is 0 Å². The summed E-state index contributed by atoms with van der Waals surface area (Å²) in [6.07, 6.45) is 3.14. The lowest BCUT2D eigenvalue weighted by Crippen LogP contribution is -2.05. The fourth-order valence-corrected chi connectivity index (χ4v) is 1.65. The predicted molar refractivity (Wildman–Crippen MR) is 70.0 cm³/mol. The van der Waals surface area contributed by atoms with Crippen molar-refractivity contribution in [2.24, 2.45) is 0 Å². The van der Waals surface area contributed by atoms with Crippen molar-refractivity contribution in [3.05, 3.63) is 53.7 Å².